The second kappa shape index (κ2) is 7.22. The van der Waals surface area contributed by atoms with Gasteiger partial charge in [0.1, 0.15) is 5.75 Å². The number of aryl methyl sites for hydroxylation is 1. The van der Waals surface area contributed by atoms with E-state index in [-0.39, 0.29) is 5.91 Å². The van der Waals surface area contributed by atoms with Gasteiger partial charge in [0.2, 0.25) is 5.91 Å². The van der Waals surface area contributed by atoms with Crippen molar-refractivity contribution < 1.29 is 9.53 Å². The van der Waals surface area contributed by atoms with Crippen LogP contribution in [0, 0.1) is 6.92 Å². The van der Waals surface area contributed by atoms with Gasteiger partial charge in [0.15, 0.2) is 0 Å². The normalized spacial score (nSPS) is 10.1. The summed E-state index contributed by atoms with van der Waals surface area (Å²) in [5.41, 5.74) is 1.85. The molecular formula is C13H19NO2S. The van der Waals surface area contributed by atoms with Crippen molar-refractivity contribution in [2.45, 2.75) is 19.8 Å². The Hall–Kier alpha value is -1.16. The third-order valence-electron chi connectivity index (χ3n) is 2.38. The number of carbonyl (C=O) groups is 1. The van der Waals surface area contributed by atoms with Gasteiger partial charge >= 0.3 is 0 Å². The summed E-state index contributed by atoms with van der Waals surface area (Å²) in [6, 6.07) is 5.75. The molecule has 0 aliphatic rings. The van der Waals surface area contributed by atoms with E-state index in [1.54, 1.807) is 18.9 Å². The first-order valence-corrected chi connectivity index (χ1v) is 7.00. The Morgan fingerprint density at radius 1 is 1.47 bits per heavy atom. The molecule has 1 aromatic rings. The summed E-state index contributed by atoms with van der Waals surface area (Å²) in [5.74, 6) is 1.76. The molecule has 0 spiro atoms. The summed E-state index contributed by atoms with van der Waals surface area (Å²) in [4.78, 5) is 11.7. The lowest BCUT2D eigenvalue weighted by Crippen LogP contribution is -2.12. The van der Waals surface area contributed by atoms with Crippen molar-refractivity contribution >= 4 is 23.4 Å². The zero-order valence-corrected chi connectivity index (χ0v) is 11.4. The van der Waals surface area contributed by atoms with E-state index in [1.165, 1.54) is 0 Å². The van der Waals surface area contributed by atoms with Crippen LogP contribution in [0.1, 0.15) is 18.4 Å². The van der Waals surface area contributed by atoms with Crippen molar-refractivity contribution in [1.29, 1.82) is 0 Å². The van der Waals surface area contributed by atoms with Crippen molar-refractivity contribution in [3.63, 3.8) is 0 Å². The second-order valence-corrected chi connectivity index (χ2v) is 4.83. The van der Waals surface area contributed by atoms with Crippen molar-refractivity contribution in [1.82, 2.24) is 0 Å². The Morgan fingerprint density at radius 3 is 2.88 bits per heavy atom. The standard InChI is InChI=1S/C13H19NO2S/c1-10-6-7-12(16-2)11(9-10)14-13(15)5-4-8-17-3/h6-7,9H,4-5,8H2,1-3H3,(H,14,15). The van der Waals surface area contributed by atoms with Gasteiger partial charge in [0.05, 0.1) is 12.8 Å². The summed E-state index contributed by atoms with van der Waals surface area (Å²) in [7, 11) is 1.61. The molecule has 94 valence electrons. The Kier molecular flexibility index (Phi) is 5.91. The fourth-order valence-corrected chi connectivity index (χ4v) is 1.94. The monoisotopic (exact) mass is 253 g/mol. The summed E-state index contributed by atoms with van der Waals surface area (Å²) < 4.78 is 5.21. The van der Waals surface area contributed by atoms with Gasteiger partial charge in [-0.1, -0.05) is 6.07 Å². The molecule has 0 aliphatic carbocycles. The number of benzene rings is 1. The van der Waals surface area contributed by atoms with Crippen LogP contribution >= 0.6 is 11.8 Å². The molecule has 1 N–H and O–H groups in total. The van der Waals surface area contributed by atoms with E-state index in [0.29, 0.717) is 12.2 Å². The molecule has 0 aliphatic heterocycles. The van der Waals surface area contributed by atoms with Gasteiger partial charge in [-0.05, 0) is 43.0 Å². The maximum absolute atomic E-state index is 11.7. The van der Waals surface area contributed by atoms with Gasteiger partial charge in [-0.25, -0.2) is 0 Å². The minimum atomic E-state index is 0.0444. The number of carbonyl (C=O) groups excluding carboxylic acids is 1. The van der Waals surface area contributed by atoms with E-state index in [2.05, 4.69) is 5.32 Å². The summed E-state index contributed by atoms with van der Waals surface area (Å²) >= 11 is 1.76. The Balaban J connectivity index is 2.60. The highest BCUT2D eigenvalue weighted by molar-refractivity contribution is 7.98. The van der Waals surface area contributed by atoms with Gasteiger partial charge in [-0.2, -0.15) is 11.8 Å². The van der Waals surface area contributed by atoms with Crippen LogP contribution in [0.2, 0.25) is 0 Å². The Labute approximate surface area is 107 Å². The molecule has 0 aromatic heterocycles. The molecule has 0 fully saturated rings. The largest absolute Gasteiger partial charge is 0.495 e. The second-order valence-electron chi connectivity index (χ2n) is 3.85. The van der Waals surface area contributed by atoms with Gasteiger partial charge in [0, 0.05) is 6.42 Å². The molecule has 0 heterocycles. The highest BCUT2D eigenvalue weighted by atomic mass is 32.2. The number of rotatable bonds is 6. The topological polar surface area (TPSA) is 38.3 Å². The van der Waals surface area contributed by atoms with Gasteiger partial charge in [-0.15, -0.1) is 0 Å². The summed E-state index contributed by atoms with van der Waals surface area (Å²) in [6.45, 7) is 1.99. The van der Waals surface area contributed by atoms with E-state index in [1.807, 2.05) is 31.4 Å². The first-order chi connectivity index (χ1) is 8.17. The minimum Gasteiger partial charge on any atom is -0.495 e. The van der Waals surface area contributed by atoms with Crippen molar-refractivity contribution in [2.75, 3.05) is 24.4 Å². The van der Waals surface area contributed by atoms with Gasteiger partial charge < -0.3 is 10.1 Å². The SMILES string of the molecule is COc1ccc(C)cc1NC(=O)CCCSC. The minimum absolute atomic E-state index is 0.0444. The first kappa shape index (κ1) is 13.9. The lowest BCUT2D eigenvalue weighted by Gasteiger charge is -2.10. The fraction of sp³-hybridized carbons (Fsp3) is 0.462. The number of nitrogens with one attached hydrogen (secondary N) is 1. The molecule has 1 amide bonds. The number of amides is 1. The summed E-state index contributed by atoms with van der Waals surface area (Å²) in [6.07, 6.45) is 3.50. The highest BCUT2D eigenvalue weighted by Gasteiger charge is 2.07. The van der Waals surface area contributed by atoms with Crippen LogP contribution in [0.3, 0.4) is 0 Å². The Morgan fingerprint density at radius 2 is 2.24 bits per heavy atom. The van der Waals surface area contributed by atoms with Gasteiger partial charge in [-0.3, -0.25) is 4.79 Å². The van der Waals surface area contributed by atoms with Crippen LogP contribution in [0.25, 0.3) is 0 Å². The highest BCUT2D eigenvalue weighted by Crippen LogP contribution is 2.25. The number of methoxy groups -OCH3 is 1. The third kappa shape index (κ3) is 4.69. The van der Waals surface area contributed by atoms with Crippen molar-refractivity contribution in [3.8, 4) is 5.75 Å². The first-order valence-electron chi connectivity index (χ1n) is 5.61. The molecule has 0 radical (unpaired) electrons. The number of hydrogen-bond donors (Lipinski definition) is 1. The molecule has 0 atom stereocenters. The molecule has 0 saturated carbocycles. The van der Waals surface area contributed by atoms with Crippen LogP contribution in [0.15, 0.2) is 18.2 Å². The van der Waals surface area contributed by atoms with Crippen molar-refractivity contribution in [3.05, 3.63) is 23.8 Å². The maximum Gasteiger partial charge on any atom is 0.224 e. The predicted octanol–water partition coefficient (Wildman–Crippen LogP) is 3.09. The van der Waals surface area contributed by atoms with Crippen LogP contribution in [-0.4, -0.2) is 25.0 Å². The zero-order valence-electron chi connectivity index (χ0n) is 10.6. The van der Waals surface area contributed by atoms with E-state index < -0.39 is 0 Å². The van der Waals surface area contributed by atoms with Crippen LogP contribution in [-0.2, 0) is 4.79 Å². The van der Waals surface area contributed by atoms with Crippen LogP contribution in [0.5, 0.6) is 5.75 Å². The van der Waals surface area contributed by atoms with E-state index in [9.17, 15) is 4.79 Å². The number of hydrogen-bond acceptors (Lipinski definition) is 3. The molecule has 17 heavy (non-hydrogen) atoms. The number of thioether (sulfide) groups is 1. The molecule has 1 rings (SSSR count). The predicted molar refractivity (Wildman–Crippen MR) is 74.0 cm³/mol. The molecular weight excluding hydrogens is 234 g/mol. The van der Waals surface area contributed by atoms with Crippen LogP contribution in [0.4, 0.5) is 5.69 Å². The quantitative estimate of drug-likeness (QED) is 0.792. The van der Waals surface area contributed by atoms with E-state index in [4.69, 9.17) is 4.74 Å². The number of anilines is 1. The molecule has 4 heteroatoms. The summed E-state index contributed by atoms with van der Waals surface area (Å²) in [5, 5.41) is 2.89. The Bertz CT molecular complexity index is 380. The molecule has 0 unspecified atom stereocenters. The zero-order chi connectivity index (χ0) is 12.7. The molecule has 0 saturated heterocycles. The lowest BCUT2D eigenvalue weighted by molar-refractivity contribution is -0.116. The van der Waals surface area contributed by atoms with E-state index >= 15 is 0 Å². The van der Waals surface area contributed by atoms with Gasteiger partial charge in [0.25, 0.3) is 0 Å². The average Bonchev–Trinajstić information content (AvgIpc) is 2.29. The van der Waals surface area contributed by atoms with Crippen LogP contribution < -0.4 is 10.1 Å². The van der Waals surface area contributed by atoms with E-state index in [0.717, 1.165) is 23.4 Å². The molecule has 0 bridgehead atoms. The van der Waals surface area contributed by atoms with Crippen molar-refractivity contribution in [2.24, 2.45) is 0 Å². The fourth-order valence-electron chi connectivity index (χ4n) is 1.51. The molecule has 3 nitrogen and oxygen atoms in total. The smallest absolute Gasteiger partial charge is 0.224 e. The maximum atomic E-state index is 11.7. The third-order valence-corrected chi connectivity index (χ3v) is 3.08. The lowest BCUT2D eigenvalue weighted by atomic mass is 10.2. The molecule has 1 aromatic carbocycles. The number of ether oxygens (including phenoxy) is 1. The average molecular weight is 253 g/mol.